The zero-order valence-corrected chi connectivity index (χ0v) is 16.1. The van der Waals surface area contributed by atoms with E-state index in [1.54, 1.807) is 10.9 Å². The van der Waals surface area contributed by atoms with Gasteiger partial charge in [0.2, 0.25) is 5.82 Å². The highest BCUT2D eigenvalue weighted by Crippen LogP contribution is 2.30. The molecule has 0 saturated carbocycles. The van der Waals surface area contributed by atoms with Crippen LogP contribution >= 0.6 is 12.4 Å². The van der Waals surface area contributed by atoms with E-state index in [1.165, 1.54) is 11.1 Å². The van der Waals surface area contributed by atoms with Crippen LogP contribution in [0.25, 0.3) is 28.5 Å². The van der Waals surface area contributed by atoms with Crippen LogP contribution < -0.4 is 5.32 Å². The molecule has 0 aliphatic carbocycles. The van der Waals surface area contributed by atoms with Crippen molar-refractivity contribution in [3.05, 3.63) is 65.7 Å². The largest absolute Gasteiger partial charge is 0.334 e. The number of aryl methyl sites for hydroxylation is 1. The van der Waals surface area contributed by atoms with Gasteiger partial charge < -0.3 is 9.84 Å². The Hall–Kier alpha value is -3.03. The molecule has 0 spiro atoms. The summed E-state index contributed by atoms with van der Waals surface area (Å²) in [6.45, 7) is 3.76. The molecule has 28 heavy (non-hydrogen) atoms. The number of rotatable bonds is 3. The van der Waals surface area contributed by atoms with Gasteiger partial charge in [0, 0.05) is 42.0 Å². The van der Waals surface area contributed by atoms with Gasteiger partial charge in [-0.2, -0.15) is 10.1 Å². The molecule has 0 saturated heterocycles. The molecule has 0 fully saturated rings. The van der Waals surface area contributed by atoms with Crippen LogP contribution in [0.2, 0.25) is 0 Å². The van der Waals surface area contributed by atoms with Gasteiger partial charge in [0.15, 0.2) is 0 Å². The van der Waals surface area contributed by atoms with Gasteiger partial charge in [-0.1, -0.05) is 11.2 Å². The molecule has 1 aliphatic rings. The van der Waals surface area contributed by atoms with E-state index < -0.39 is 0 Å². The summed E-state index contributed by atoms with van der Waals surface area (Å²) >= 11 is 0. The lowest BCUT2D eigenvalue weighted by Crippen LogP contribution is -2.24. The van der Waals surface area contributed by atoms with Gasteiger partial charge in [-0.3, -0.25) is 4.98 Å². The maximum Gasteiger partial charge on any atom is 0.258 e. The molecule has 7 nitrogen and oxygen atoms in total. The van der Waals surface area contributed by atoms with Crippen LogP contribution in [-0.2, 0) is 13.0 Å². The van der Waals surface area contributed by atoms with E-state index in [9.17, 15) is 0 Å². The third-order valence-electron chi connectivity index (χ3n) is 4.84. The Morgan fingerprint density at radius 1 is 1.21 bits per heavy atom. The smallest absolute Gasteiger partial charge is 0.258 e. The fraction of sp³-hybridized carbons (Fsp3) is 0.200. The van der Waals surface area contributed by atoms with E-state index in [4.69, 9.17) is 4.52 Å². The summed E-state index contributed by atoms with van der Waals surface area (Å²) in [6.07, 6.45) is 6.53. The average molecular weight is 395 g/mol. The summed E-state index contributed by atoms with van der Waals surface area (Å²) < 4.78 is 7.39. The number of nitrogens with one attached hydrogen (secondary N) is 1. The quantitative estimate of drug-likeness (QED) is 0.573. The lowest BCUT2D eigenvalue weighted by atomic mass is 9.95. The van der Waals surface area contributed by atoms with E-state index in [0.29, 0.717) is 11.7 Å². The van der Waals surface area contributed by atoms with E-state index in [1.807, 2.05) is 49.6 Å². The van der Waals surface area contributed by atoms with Crippen LogP contribution in [-0.4, -0.2) is 31.4 Å². The highest BCUT2D eigenvalue weighted by Gasteiger charge is 2.21. The van der Waals surface area contributed by atoms with Crippen LogP contribution in [0.5, 0.6) is 0 Å². The molecule has 4 heterocycles. The minimum Gasteiger partial charge on any atom is -0.334 e. The number of hydrogen-bond acceptors (Lipinski definition) is 6. The van der Waals surface area contributed by atoms with Crippen molar-refractivity contribution >= 4 is 12.4 Å². The van der Waals surface area contributed by atoms with Crippen LogP contribution in [0.4, 0.5) is 0 Å². The van der Waals surface area contributed by atoms with Crippen molar-refractivity contribution in [1.29, 1.82) is 0 Å². The van der Waals surface area contributed by atoms with Crippen LogP contribution in [0.3, 0.4) is 0 Å². The molecule has 0 amide bonds. The van der Waals surface area contributed by atoms with Gasteiger partial charge >= 0.3 is 0 Å². The minimum atomic E-state index is 0. The fourth-order valence-electron chi connectivity index (χ4n) is 3.51. The van der Waals surface area contributed by atoms with Gasteiger partial charge in [-0.05, 0) is 55.3 Å². The first-order chi connectivity index (χ1) is 13.3. The molecule has 0 atom stereocenters. The first kappa shape index (κ1) is 18.3. The number of nitrogens with zero attached hydrogens (tertiary/aromatic N) is 5. The highest BCUT2D eigenvalue weighted by molar-refractivity contribution is 5.85. The molecule has 142 valence electrons. The van der Waals surface area contributed by atoms with E-state index in [2.05, 4.69) is 25.5 Å². The highest BCUT2D eigenvalue weighted by atomic mass is 35.5. The fourth-order valence-corrected chi connectivity index (χ4v) is 3.51. The second-order valence-electron chi connectivity index (χ2n) is 6.57. The number of benzene rings is 1. The summed E-state index contributed by atoms with van der Waals surface area (Å²) in [7, 11) is 0. The van der Waals surface area contributed by atoms with Gasteiger partial charge in [-0.25, -0.2) is 4.68 Å². The lowest BCUT2D eigenvalue weighted by molar-refractivity contribution is 0.432. The topological polar surface area (TPSA) is 81.7 Å². The Balaban J connectivity index is 0.00000192. The summed E-state index contributed by atoms with van der Waals surface area (Å²) in [6, 6.07) is 9.78. The van der Waals surface area contributed by atoms with E-state index >= 15 is 0 Å². The van der Waals surface area contributed by atoms with Gasteiger partial charge in [0.25, 0.3) is 5.89 Å². The summed E-state index contributed by atoms with van der Waals surface area (Å²) in [5.41, 5.74) is 6.19. The first-order valence-corrected chi connectivity index (χ1v) is 8.92. The molecule has 0 unspecified atom stereocenters. The van der Waals surface area contributed by atoms with Crippen LogP contribution in [0, 0.1) is 6.92 Å². The van der Waals surface area contributed by atoms with Crippen LogP contribution in [0.15, 0.2) is 53.4 Å². The molecule has 8 heteroatoms. The second kappa shape index (κ2) is 7.53. The number of aromatic nitrogens is 5. The molecule has 0 bridgehead atoms. The van der Waals surface area contributed by atoms with E-state index in [-0.39, 0.29) is 12.4 Å². The molecule has 4 aromatic rings. The molecule has 5 rings (SSSR count). The monoisotopic (exact) mass is 394 g/mol. The predicted octanol–water partition coefficient (Wildman–Crippen LogP) is 3.36. The Morgan fingerprint density at radius 3 is 3.00 bits per heavy atom. The summed E-state index contributed by atoms with van der Waals surface area (Å²) in [4.78, 5) is 9.20. The molecular weight excluding hydrogens is 376 g/mol. The number of fused-ring (bicyclic) bond motifs is 1. The number of hydrogen-bond donors (Lipinski definition) is 1. The molecule has 0 radical (unpaired) electrons. The second-order valence-corrected chi connectivity index (χ2v) is 6.57. The van der Waals surface area contributed by atoms with Crippen molar-refractivity contribution in [2.75, 3.05) is 6.54 Å². The number of halogens is 1. The molecule has 1 aliphatic heterocycles. The van der Waals surface area contributed by atoms with Gasteiger partial charge in [-0.15, -0.1) is 12.4 Å². The van der Waals surface area contributed by atoms with Gasteiger partial charge in [0.05, 0.1) is 5.69 Å². The molecular formula is C20H19ClN6O. The third-order valence-corrected chi connectivity index (χ3v) is 4.84. The van der Waals surface area contributed by atoms with Crippen molar-refractivity contribution in [3.63, 3.8) is 0 Å². The van der Waals surface area contributed by atoms with Crippen molar-refractivity contribution in [3.8, 4) is 28.5 Å². The van der Waals surface area contributed by atoms with Crippen molar-refractivity contribution in [2.24, 2.45) is 0 Å². The van der Waals surface area contributed by atoms with Crippen molar-refractivity contribution < 1.29 is 4.52 Å². The standard InChI is InChI=1S/C20H18N6O.ClH/c1-13-18(17-6-8-21-11-15(17)12-22-13)19-24-20(27-25-19)14-4-2-5-16(10-14)26-9-3-7-23-26;/h2-5,7,9-10,12,21H,6,8,11H2,1H3;1H. The predicted molar refractivity (Wildman–Crippen MR) is 107 cm³/mol. The molecule has 3 aromatic heterocycles. The van der Waals surface area contributed by atoms with Crippen molar-refractivity contribution in [1.82, 2.24) is 30.2 Å². The summed E-state index contributed by atoms with van der Waals surface area (Å²) in [5.74, 6) is 1.09. The third kappa shape index (κ3) is 3.19. The SMILES string of the molecule is Cc1ncc2c(c1-c1noc(-c3cccc(-n4cccn4)c3)n1)CCNC2.Cl. The Kier molecular flexibility index (Phi) is 4.93. The lowest BCUT2D eigenvalue weighted by Gasteiger charge is -2.19. The zero-order valence-electron chi connectivity index (χ0n) is 15.3. The minimum absolute atomic E-state index is 0. The Morgan fingerprint density at radius 2 is 2.14 bits per heavy atom. The van der Waals surface area contributed by atoms with Gasteiger partial charge in [0.1, 0.15) is 0 Å². The molecule has 1 N–H and O–H groups in total. The van der Waals surface area contributed by atoms with E-state index in [0.717, 1.165) is 42.0 Å². The first-order valence-electron chi connectivity index (χ1n) is 8.92. The number of pyridine rings is 1. The van der Waals surface area contributed by atoms with Crippen LogP contribution in [0.1, 0.15) is 16.8 Å². The average Bonchev–Trinajstić information content (AvgIpc) is 3.40. The summed E-state index contributed by atoms with van der Waals surface area (Å²) in [5, 5.41) is 11.9. The Labute approximate surface area is 168 Å². The molecule has 1 aromatic carbocycles. The van der Waals surface area contributed by atoms with Crippen molar-refractivity contribution in [2.45, 2.75) is 19.9 Å². The normalized spacial score (nSPS) is 13.0. The Bertz CT molecular complexity index is 1110. The zero-order chi connectivity index (χ0) is 18.2. The maximum absolute atomic E-state index is 5.59. The maximum atomic E-state index is 5.59.